The van der Waals surface area contributed by atoms with Crippen LogP contribution in [0.1, 0.15) is 80.0 Å². The highest BCUT2D eigenvalue weighted by molar-refractivity contribution is 14.1. The number of nitrogens with one attached hydrogen (secondary N) is 7. The van der Waals surface area contributed by atoms with Crippen molar-refractivity contribution < 1.29 is 62.6 Å². The van der Waals surface area contributed by atoms with Gasteiger partial charge in [-0.2, -0.15) is 0 Å². The molecule has 1 fully saturated rings. The highest BCUT2D eigenvalue weighted by Crippen LogP contribution is 2.24. The third-order valence-corrected chi connectivity index (χ3v) is 15.9. The molecule has 11 amide bonds. The molecule has 1 heterocycles. The molecule has 0 radical (unpaired) electrons. The maximum Gasteiger partial charge on any atom is 0.245 e. The number of hydrogen-bond donors (Lipinski definition) is 15. The molecule has 0 aliphatic carbocycles. The Morgan fingerprint density at radius 2 is 1.11 bits per heavy atom. The number of primary amides is 3. The van der Waals surface area contributed by atoms with E-state index in [1.807, 2.05) is 22.6 Å². The average molecular weight is 1440 g/mol. The van der Waals surface area contributed by atoms with Crippen molar-refractivity contribution in [1.82, 2.24) is 42.1 Å². The Balaban J connectivity index is 1.40. The number of guanidine groups is 2. The molecule has 0 saturated carbocycles. The van der Waals surface area contributed by atoms with Crippen molar-refractivity contribution in [1.29, 1.82) is 0 Å². The van der Waals surface area contributed by atoms with Crippen LogP contribution in [0.4, 0.5) is 5.69 Å². The maximum atomic E-state index is 14.8. The van der Waals surface area contributed by atoms with Crippen molar-refractivity contribution >= 4 is 105 Å². The zero-order valence-corrected chi connectivity index (χ0v) is 54.8. The summed E-state index contributed by atoms with van der Waals surface area (Å²) in [5.74, 6) is -10.1. The fraction of sp³-hybridized carbons (Fsp3) is 0.403. The zero-order chi connectivity index (χ0) is 70.4. The molecule has 514 valence electrons. The molecule has 33 nitrogen and oxygen atoms in total. The number of nitrogens with two attached hydrogens (primary N) is 7. The largest absolute Gasteiger partial charge is 0.507 e. The number of phenolic OH excluding ortho intramolecular Hbond substituents is 1. The first-order valence-corrected chi connectivity index (χ1v) is 31.5. The van der Waals surface area contributed by atoms with Gasteiger partial charge in [-0.25, -0.2) is 0 Å². The van der Waals surface area contributed by atoms with E-state index in [0.717, 1.165) is 0 Å². The number of halogens is 1. The molecular weight excluding hydrogens is 1360 g/mol. The number of rotatable bonds is 38. The Morgan fingerprint density at radius 1 is 0.594 bits per heavy atom. The maximum absolute atomic E-state index is 14.8. The molecule has 0 unspecified atom stereocenters. The summed E-state index contributed by atoms with van der Waals surface area (Å²) < 4.78 is 5.76. The topological polar surface area (TPSA) is 560 Å². The van der Waals surface area contributed by atoms with Gasteiger partial charge in [-0.05, 0) is 126 Å². The molecule has 4 aromatic carbocycles. The van der Waals surface area contributed by atoms with Crippen molar-refractivity contribution in [2.75, 3.05) is 26.7 Å². The van der Waals surface area contributed by atoms with E-state index >= 15 is 0 Å². The second kappa shape index (κ2) is 38.4. The Kier molecular flexibility index (Phi) is 30.4. The molecule has 96 heavy (non-hydrogen) atoms. The molecule has 0 bridgehead atoms. The van der Waals surface area contributed by atoms with Crippen molar-refractivity contribution in [2.45, 2.75) is 132 Å². The van der Waals surface area contributed by atoms with Gasteiger partial charge < -0.3 is 92.1 Å². The number of aliphatic imine (C=N–C) groups is 2. The number of likely N-dealkylation sites (tertiary alicyclic amines) is 1. The van der Waals surface area contributed by atoms with Gasteiger partial charge in [0.2, 0.25) is 65.0 Å². The summed E-state index contributed by atoms with van der Waals surface area (Å²) >= 11 is 1.89. The summed E-state index contributed by atoms with van der Waals surface area (Å²) in [5, 5.41) is 31.9. The van der Waals surface area contributed by atoms with Gasteiger partial charge in [0.15, 0.2) is 11.9 Å². The van der Waals surface area contributed by atoms with Gasteiger partial charge >= 0.3 is 0 Å². The van der Waals surface area contributed by atoms with Gasteiger partial charge in [-0.15, -0.1) is 0 Å². The highest BCUT2D eigenvalue weighted by atomic mass is 125. The number of amides is 11. The van der Waals surface area contributed by atoms with Crippen LogP contribution in [0.5, 0.6) is 11.5 Å². The van der Waals surface area contributed by atoms with E-state index in [2.05, 4.69) is 57.2 Å². The lowest BCUT2D eigenvalue weighted by Crippen LogP contribution is -2.61. The molecule has 4 aromatic rings. The molecule has 1 saturated heterocycles. The molecule has 1 aliphatic heterocycles. The Morgan fingerprint density at radius 3 is 1.70 bits per heavy atom. The van der Waals surface area contributed by atoms with Gasteiger partial charge in [0.1, 0.15) is 59.8 Å². The van der Waals surface area contributed by atoms with E-state index in [4.69, 9.17) is 50.4 Å². The summed E-state index contributed by atoms with van der Waals surface area (Å²) in [6, 6.07) is 14.0. The van der Waals surface area contributed by atoms with Gasteiger partial charge in [0.05, 0.1) is 23.5 Å². The van der Waals surface area contributed by atoms with Crippen LogP contribution in [0.15, 0.2) is 112 Å². The second-order valence-corrected chi connectivity index (χ2v) is 23.6. The van der Waals surface area contributed by atoms with Crippen LogP contribution in [-0.2, 0) is 78.4 Å². The number of carbonyl (C=O) groups excluding carboxylic acids is 11. The number of azide groups is 1. The van der Waals surface area contributed by atoms with Gasteiger partial charge in [0.25, 0.3) is 0 Å². The number of ether oxygens (including phenoxy) is 1. The minimum Gasteiger partial charge on any atom is -0.507 e. The van der Waals surface area contributed by atoms with Gasteiger partial charge in [-0.3, -0.25) is 62.7 Å². The van der Waals surface area contributed by atoms with Crippen molar-refractivity contribution in [3.05, 3.63) is 133 Å². The average Bonchev–Trinajstić information content (AvgIpc) is 1.58. The monoisotopic (exact) mass is 1440 g/mol. The number of phenols is 1. The van der Waals surface area contributed by atoms with Crippen molar-refractivity contribution in [3.8, 4) is 11.5 Å². The molecule has 5 rings (SSSR count). The standard InChI is InChI=1S/C62H81IN20O13/c1-96-39-19-16-35(17-20-39)30-45(74-52(87)32-36-11-5-12-38(27-36)81-82-71)56(91)79-46(29-34-9-3-2-4-10-34)57(92)75-42(21-23-50(64)85)55(90)80-47(33-51(65)86)58(93)77-43(14-7-25-73-62(69)70)60(95)83-26-8-15-48(83)59(94)76-41(13-6-24-72-61(67)68)54(89)78-44(53(66)88)31-37-18-22-49(84)40(63)28-37/h2-5,9-12,16-20,22,27-28,41-48,84H,6-8,13-15,21,23-26,29-33H2,1H3,(H2,64,85)(H2,65,86)(H2,66,88)(H,74,87)(H,75,92)(H,76,94)(H,77,93)(H,78,89)(H,79,91)(H,80,90)(H4,67,68,72)(H4,69,70,73)/t41-,42-,43-,44-,45+,46-,47-,48-/m0/s1/i63-2. The Bertz CT molecular complexity index is 3530. The van der Waals surface area contributed by atoms with Crippen LogP contribution in [0, 0.1) is 3.57 Å². The summed E-state index contributed by atoms with van der Waals surface area (Å²) in [6.45, 7) is -0.0455. The van der Waals surface area contributed by atoms with E-state index in [9.17, 15) is 57.8 Å². The fourth-order valence-electron chi connectivity index (χ4n) is 10.2. The van der Waals surface area contributed by atoms with Crippen LogP contribution in [0.2, 0.25) is 0 Å². The Labute approximate surface area is 565 Å². The molecule has 0 spiro atoms. The first-order chi connectivity index (χ1) is 45.7. The first kappa shape index (κ1) is 75.9. The third-order valence-electron chi connectivity index (χ3n) is 15.0. The zero-order valence-electron chi connectivity index (χ0n) is 52.6. The molecule has 1 aliphatic rings. The van der Waals surface area contributed by atoms with Crippen LogP contribution in [0.3, 0.4) is 0 Å². The van der Waals surface area contributed by atoms with Crippen LogP contribution < -0.4 is 82.1 Å². The normalized spacial score (nSPS) is 14.5. The molecular formula is C62H81IN20O13. The van der Waals surface area contributed by atoms with Crippen LogP contribution in [0.25, 0.3) is 10.4 Å². The number of hydrogen-bond acceptors (Lipinski definition) is 16. The molecule has 8 atom stereocenters. The third kappa shape index (κ3) is 25.6. The van der Waals surface area contributed by atoms with Crippen LogP contribution in [-0.4, -0.2) is 162 Å². The fourth-order valence-corrected chi connectivity index (χ4v) is 10.8. The minimum atomic E-state index is -1.88. The Hall–Kier alpha value is -10.8. The van der Waals surface area contributed by atoms with Gasteiger partial charge in [0, 0.05) is 55.9 Å². The summed E-state index contributed by atoms with van der Waals surface area (Å²) in [4.78, 5) is 165. The SMILES string of the molecule is COc1ccc(C[C@@H](NC(=O)Cc2cccc(N=[N+]=[N-])c2)C(=O)N[C@@H](Cc2ccccc2)C(=O)N[C@@H](CCC(N)=O)C(=O)N[C@@H](CC(N)=O)C(=O)N[C@@H](CCCN=C(N)N)C(=O)N2CCC[C@H]2C(=O)N[C@@H](CCCN=C(N)N)C(=O)N[C@@H](Cc2ccc(O)c([125I])c2)C(N)=O)cc1. The van der Waals surface area contributed by atoms with Crippen molar-refractivity contribution in [3.63, 3.8) is 0 Å². The lowest BCUT2D eigenvalue weighted by molar-refractivity contribution is -0.143. The van der Waals surface area contributed by atoms with E-state index in [1.165, 1.54) is 30.2 Å². The molecule has 34 heteroatoms. The summed E-state index contributed by atoms with van der Waals surface area (Å²) in [7, 11) is 1.47. The smallest absolute Gasteiger partial charge is 0.245 e. The molecule has 0 aromatic heterocycles. The first-order valence-electron chi connectivity index (χ1n) is 30.4. The number of nitrogens with zero attached hydrogens (tertiary/aromatic N) is 6. The predicted molar refractivity (Wildman–Crippen MR) is 360 cm³/mol. The second-order valence-electron chi connectivity index (χ2n) is 22.4. The quantitative estimate of drug-likeness (QED) is 0.00454. The van der Waals surface area contributed by atoms with Gasteiger partial charge in [-0.1, -0.05) is 71.8 Å². The highest BCUT2D eigenvalue weighted by Gasteiger charge is 2.41. The number of carbonyl (C=O) groups is 11. The summed E-state index contributed by atoms with van der Waals surface area (Å²) in [5.41, 5.74) is 50.4. The predicted octanol–water partition coefficient (Wildman–Crippen LogP) is -1.66. The number of benzene rings is 4. The number of aromatic hydroxyl groups is 1. The van der Waals surface area contributed by atoms with Crippen molar-refractivity contribution in [2.24, 2.45) is 55.2 Å². The summed E-state index contributed by atoms with van der Waals surface area (Å²) in [6.07, 6.45) is -2.26. The van der Waals surface area contributed by atoms with Crippen LogP contribution >= 0.6 is 22.6 Å². The lowest BCUT2D eigenvalue weighted by atomic mass is 10.0. The van der Waals surface area contributed by atoms with E-state index in [-0.39, 0.29) is 107 Å². The van der Waals surface area contributed by atoms with E-state index in [1.54, 1.807) is 78.9 Å². The minimum absolute atomic E-state index is 0.00675. The lowest BCUT2D eigenvalue weighted by Gasteiger charge is -2.31. The van der Waals surface area contributed by atoms with E-state index < -0.39 is 133 Å². The molecule has 22 N–H and O–H groups in total. The number of methoxy groups -OCH3 is 1. The van der Waals surface area contributed by atoms with E-state index in [0.29, 0.717) is 31.6 Å².